The highest BCUT2D eigenvalue weighted by Crippen LogP contribution is 2.47. The first-order valence-corrected chi connectivity index (χ1v) is 20.6. The van der Waals surface area contributed by atoms with Gasteiger partial charge in [0.15, 0.2) is 0 Å². The zero-order valence-electron chi connectivity index (χ0n) is 33.8. The maximum Gasteiger partial charge on any atom is 0.0541 e. The third kappa shape index (κ3) is 6.30. The molecule has 0 saturated carbocycles. The van der Waals surface area contributed by atoms with E-state index in [4.69, 9.17) is 0 Å². The highest BCUT2D eigenvalue weighted by Gasteiger charge is 2.37. The summed E-state index contributed by atoms with van der Waals surface area (Å²) in [5, 5.41) is 2.55. The fourth-order valence-electron chi connectivity index (χ4n) is 9.26. The van der Waals surface area contributed by atoms with Gasteiger partial charge in [-0.3, -0.25) is 0 Å². The molecule has 0 fully saturated rings. The lowest BCUT2D eigenvalue weighted by Gasteiger charge is -2.42. The molecule has 0 amide bonds. The summed E-state index contributed by atoms with van der Waals surface area (Å²) in [7, 11) is 0. The molecule has 1 aliphatic carbocycles. The van der Waals surface area contributed by atoms with Gasteiger partial charge in [0.25, 0.3) is 0 Å². The molecule has 0 N–H and O–H groups in total. The maximum atomic E-state index is 2.48. The van der Waals surface area contributed by atoms with Crippen LogP contribution in [-0.2, 0) is 10.8 Å². The van der Waals surface area contributed by atoms with Gasteiger partial charge in [-0.25, -0.2) is 0 Å². The van der Waals surface area contributed by atoms with E-state index in [0.717, 1.165) is 17.1 Å². The summed E-state index contributed by atoms with van der Waals surface area (Å²) >= 11 is 0. The van der Waals surface area contributed by atoms with Gasteiger partial charge in [-0.05, 0) is 135 Å². The molecule has 0 spiro atoms. The Hall–Kier alpha value is -6.64. The largest absolute Gasteiger partial charge is 0.311 e. The van der Waals surface area contributed by atoms with Crippen LogP contribution in [0.15, 0.2) is 194 Å². The average molecular weight is 749 g/mol. The van der Waals surface area contributed by atoms with Crippen molar-refractivity contribution < 1.29 is 0 Å². The molecule has 0 aliphatic heterocycles. The van der Waals surface area contributed by atoms with Gasteiger partial charge in [0.2, 0.25) is 0 Å². The number of hydrogen-bond acceptors (Lipinski definition) is 1. The molecule has 8 aromatic carbocycles. The lowest BCUT2D eigenvalue weighted by atomic mass is 9.63. The first-order chi connectivity index (χ1) is 28.2. The summed E-state index contributed by atoms with van der Waals surface area (Å²) in [5.74, 6) is 0. The van der Waals surface area contributed by atoms with Crippen LogP contribution < -0.4 is 4.90 Å². The van der Waals surface area contributed by atoms with E-state index in [1.54, 1.807) is 0 Å². The van der Waals surface area contributed by atoms with Crippen LogP contribution in [0.1, 0.15) is 51.7 Å². The lowest BCUT2D eigenvalue weighted by Crippen LogP contribution is -2.33. The number of anilines is 3. The quantitative estimate of drug-likeness (QED) is 0.158. The van der Waals surface area contributed by atoms with Crippen molar-refractivity contribution in [1.29, 1.82) is 0 Å². The molecule has 1 heterocycles. The standard InChI is InChI=1S/C56H48N2/c1-55(2)35-36-56(3,4)52-38-48(32-33-51(52)55)58-53-18-12-11-17-49(53)50-37-44(25-34-54(50)58)43-23-30-47(31-24-43)57(45-26-19-41(20-27-45)39-13-7-5-8-14-39)46-28-21-42(22-29-46)40-15-9-6-10-16-40/h5-34,37-38H,35-36H2,1-4H3. The van der Waals surface area contributed by atoms with Crippen molar-refractivity contribution in [2.75, 3.05) is 4.90 Å². The van der Waals surface area contributed by atoms with Crippen LogP contribution >= 0.6 is 0 Å². The Labute approximate surface area is 342 Å². The Kier molecular flexibility index (Phi) is 8.68. The lowest BCUT2D eigenvalue weighted by molar-refractivity contribution is 0.332. The Morgan fingerprint density at radius 3 is 1.34 bits per heavy atom. The maximum absolute atomic E-state index is 2.48. The zero-order chi connectivity index (χ0) is 39.4. The fraction of sp³-hybridized carbons (Fsp3) is 0.143. The van der Waals surface area contributed by atoms with Gasteiger partial charge in [-0.2, -0.15) is 0 Å². The van der Waals surface area contributed by atoms with E-state index in [1.165, 1.54) is 84.8 Å². The molecule has 58 heavy (non-hydrogen) atoms. The van der Waals surface area contributed by atoms with E-state index in [-0.39, 0.29) is 10.8 Å². The summed E-state index contributed by atoms with van der Waals surface area (Å²) in [6.45, 7) is 9.63. The van der Waals surface area contributed by atoms with Crippen LogP contribution in [0.3, 0.4) is 0 Å². The minimum atomic E-state index is 0.145. The Morgan fingerprint density at radius 2 is 0.793 bits per heavy atom. The second kappa shape index (κ2) is 14.1. The van der Waals surface area contributed by atoms with Crippen molar-refractivity contribution in [3.63, 3.8) is 0 Å². The molecule has 1 aliphatic rings. The van der Waals surface area contributed by atoms with Crippen molar-refractivity contribution >= 4 is 38.9 Å². The summed E-state index contributed by atoms with van der Waals surface area (Å²) in [6, 6.07) is 71.1. The summed E-state index contributed by atoms with van der Waals surface area (Å²) in [5.41, 5.74) is 17.6. The molecule has 2 heteroatoms. The molecular weight excluding hydrogens is 701 g/mol. The van der Waals surface area contributed by atoms with Crippen molar-refractivity contribution in [2.45, 2.75) is 51.4 Å². The van der Waals surface area contributed by atoms with Crippen LogP contribution in [0.4, 0.5) is 17.1 Å². The van der Waals surface area contributed by atoms with Gasteiger partial charge >= 0.3 is 0 Å². The third-order valence-corrected chi connectivity index (χ3v) is 12.7. The topological polar surface area (TPSA) is 8.17 Å². The van der Waals surface area contributed by atoms with Gasteiger partial charge in [0, 0.05) is 33.5 Å². The van der Waals surface area contributed by atoms with Crippen LogP contribution in [0.5, 0.6) is 0 Å². The smallest absolute Gasteiger partial charge is 0.0541 e. The highest BCUT2D eigenvalue weighted by atomic mass is 15.1. The number of benzene rings is 8. The number of hydrogen-bond donors (Lipinski definition) is 0. The van der Waals surface area contributed by atoms with E-state index in [9.17, 15) is 0 Å². The first-order valence-electron chi connectivity index (χ1n) is 20.6. The van der Waals surface area contributed by atoms with E-state index >= 15 is 0 Å². The predicted molar refractivity (Wildman–Crippen MR) is 247 cm³/mol. The molecular formula is C56H48N2. The third-order valence-electron chi connectivity index (χ3n) is 12.7. The number of nitrogens with zero attached hydrogens (tertiary/aromatic N) is 2. The molecule has 0 atom stereocenters. The van der Waals surface area contributed by atoms with Crippen LogP contribution in [0.2, 0.25) is 0 Å². The first kappa shape index (κ1) is 35.8. The fourth-order valence-corrected chi connectivity index (χ4v) is 9.26. The van der Waals surface area contributed by atoms with E-state index in [1.807, 2.05) is 0 Å². The summed E-state index contributed by atoms with van der Waals surface area (Å²) < 4.78 is 2.47. The predicted octanol–water partition coefficient (Wildman–Crippen LogP) is 15.6. The van der Waals surface area contributed by atoms with Gasteiger partial charge < -0.3 is 9.47 Å². The molecule has 0 unspecified atom stereocenters. The molecule has 9 aromatic rings. The van der Waals surface area contributed by atoms with E-state index in [0.29, 0.717) is 0 Å². The molecule has 2 nitrogen and oxygen atoms in total. The van der Waals surface area contributed by atoms with Crippen LogP contribution in [-0.4, -0.2) is 4.57 Å². The molecule has 0 saturated heterocycles. The molecule has 0 bridgehead atoms. The number of rotatable bonds is 7. The Bertz CT molecular complexity index is 2810. The van der Waals surface area contributed by atoms with E-state index < -0.39 is 0 Å². The molecule has 1 aromatic heterocycles. The van der Waals surface area contributed by atoms with Crippen molar-refractivity contribution in [3.05, 3.63) is 205 Å². The van der Waals surface area contributed by atoms with Gasteiger partial charge in [0.05, 0.1) is 11.0 Å². The van der Waals surface area contributed by atoms with Crippen molar-refractivity contribution in [1.82, 2.24) is 4.57 Å². The molecule has 10 rings (SSSR count). The average Bonchev–Trinajstić information content (AvgIpc) is 3.60. The Morgan fingerprint density at radius 1 is 0.362 bits per heavy atom. The van der Waals surface area contributed by atoms with Crippen LogP contribution in [0.25, 0.3) is 60.9 Å². The second-order valence-corrected chi connectivity index (χ2v) is 17.3. The minimum Gasteiger partial charge on any atom is -0.311 e. The van der Waals surface area contributed by atoms with Crippen molar-refractivity contribution in [3.8, 4) is 39.1 Å². The zero-order valence-corrected chi connectivity index (χ0v) is 33.8. The van der Waals surface area contributed by atoms with Crippen LogP contribution in [0, 0.1) is 0 Å². The molecule has 0 radical (unpaired) electrons. The normalized spacial score (nSPS) is 14.3. The second-order valence-electron chi connectivity index (χ2n) is 17.3. The number of para-hydroxylation sites is 1. The van der Waals surface area contributed by atoms with Gasteiger partial charge in [-0.15, -0.1) is 0 Å². The minimum absolute atomic E-state index is 0.145. The molecule has 282 valence electrons. The van der Waals surface area contributed by atoms with E-state index in [2.05, 4.69) is 231 Å². The summed E-state index contributed by atoms with van der Waals surface area (Å²) in [4.78, 5) is 2.35. The summed E-state index contributed by atoms with van der Waals surface area (Å²) in [6.07, 6.45) is 2.41. The van der Waals surface area contributed by atoms with Gasteiger partial charge in [0.1, 0.15) is 0 Å². The Balaban J connectivity index is 1.03. The number of aromatic nitrogens is 1. The monoisotopic (exact) mass is 748 g/mol. The number of fused-ring (bicyclic) bond motifs is 4. The highest BCUT2D eigenvalue weighted by molar-refractivity contribution is 6.10. The van der Waals surface area contributed by atoms with Gasteiger partial charge in [-0.1, -0.05) is 155 Å². The van der Waals surface area contributed by atoms with Crippen molar-refractivity contribution in [2.24, 2.45) is 0 Å². The SMILES string of the molecule is CC1(C)CCC(C)(C)c2cc(-n3c4ccccc4c4cc(-c5ccc(N(c6ccc(-c7ccccc7)cc6)c6ccc(-c7ccccc7)cc6)cc5)ccc43)ccc21.